The Morgan fingerprint density at radius 1 is 1.24 bits per heavy atom. The van der Waals surface area contributed by atoms with Gasteiger partial charge in [0.15, 0.2) is 5.54 Å². The van der Waals surface area contributed by atoms with Crippen LogP contribution >= 0.6 is 11.8 Å². The van der Waals surface area contributed by atoms with Gasteiger partial charge in [0.05, 0.1) is 6.61 Å². The van der Waals surface area contributed by atoms with Crippen LogP contribution < -0.4 is 5.32 Å². The molecule has 21 heavy (non-hydrogen) atoms. The summed E-state index contributed by atoms with van der Waals surface area (Å²) in [7, 11) is 1.83. The third kappa shape index (κ3) is 5.04. The molecule has 0 radical (unpaired) electrons. The molecule has 1 N–H and O–H groups in total. The first kappa shape index (κ1) is 18.1. The van der Waals surface area contributed by atoms with Crippen molar-refractivity contribution in [3.8, 4) is 0 Å². The summed E-state index contributed by atoms with van der Waals surface area (Å²) in [6.45, 7) is 4.44. The molecule has 1 rings (SSSR count). The van der Waals surface area contributed by atoms with Crippen molar-refractivity contribution >= 4 is 17.7 Å². The number of carbonyl (C=O) groups is 1. The Bertz CT molecular complexity index is 411. The number of esters is 1. The number of hydrogen-bond acceptors (Lipinski definition) is 4. The molecular weight excluding hydrogens is 282 g/mol. The van der Waals surface area contributed by atoms with Crippen LogP contribution in [-0.2, 0) is 15.1 Å². The molecule has 0 aromatic heterocycles. The molecular formula is C17H27NO2S. The van der Waals surface area contributed by atoms with Gasteiger partial charge in [0.2, 0.25) is 0 Å². The minimum atomic E-state index is -0.756. The quantitative estimate of drug-likeness (QED) is 0.529. The number of carbonyl (C=O) groups excluding carboxylic acids is 1. The molecule has 0 saturated heterocycles. The van der Waals surface area contributed by atoms with Crippen molar-refractivity contribution in [1.29, 1.82) is 0 Å². The highest BCUT2D eigenvalue weighted by Gasteiger charge is 2.40. The first-order valence-corrected chi connectivity index (χ1v) is 8.86. The van der Waals surface area contributed by atoms with E-state index in [1.54, 1.807) is 0 Å². The predicted molar refractivity (Wildman–Crippen MR) is 90.7 cm³/mol. The number of thioether (sulfide) groups is 1. The molecule has 0 aliphatic heterocycles. The summed E-state index contributed by atoms with van der Waals surface area (Å²) in [5, 5.41) is 3.21. The van der Waals surface area contributed by atoms with Gasteiger partial charge in [0.1, 0.15) is 0 Å². The highest BCUT2D eigenvalue weighted by molar-refractivity contribution is 7.99. The fourth-order valence-corrected chi connectivity index (χ4v) is 3.52. The van der Waals surface area contributed by atoms with Crippen molar-refractivity contribution in [1.82, 2.24) is 5.32 Å². The highest BCUT2D eigenvalue weighted by atomic mass is 32.2. The monoisotopic (exact) mass is 309 g/mol. The van der Waals surface area contributed by atoms with Gasteiger partial charge in [-0.05, 0) is 31.7 Å². The summed E-state index contributed by atoms with van der Waals surface area (Å²) >= 11 is 1.81. The Morgan fingerprint density at radius 3 is 2.52 bits per heavy atom. The topological polar surface area (TPSA) is 38.3 Å². The van der Waals surface area contributed by atoms with E-state index in [1.807, 2.05) is 56.1 Å². The van der Waals surface area contributed by atoms with Crippen molar-refractivity contribution in [2.24, 2.45) is 0 Å². The first-order valence-electron chi connectivity index (χ1n) is 7.70. The van der Waals surface area contributed by atoms with Gasteiger partial charge in [-0.15, -0.1) is 0 Å². The second kappa shape index (κ2) is 9.85. The van der Waals surface area contributed by atoms with Crippen LogP contribution in [0.4, 0.5) is 0 Å². The average molecular weight is 309 g/mol. The lowest BCUT2D eigenvalue weighted by Gasteiger charge is -2.31. The zero-order valence-corrected chi connectivity index (χ0v) is 14.2. The van der Waals surface area contributed by atoms with Crippen LogP contribution in [-0.4, -0.2) is 31.1 Å². The summed E-state index contributed by atoms with van der Waals surface area (Å²) < 4.78 is 5.32. The number of ether oxygens (including phenoxy) is 1. The van der Waals surface area contributed by atoms with E-state index in [9.17, 15) is 4.79 Å². The molecule has 0 aliphatic carbocycles. The lowest BCUT2D eigenvalue weighted by Crippen LogP contribution is -2.50. The molecule has 3 nitrogen and oxygen atoms in total. The fourth-order valence-electron chi connectivity index (χ4n) is 2.24. The smallest absolute Gasteiger partial charge is 0.331 e. The van der Waals surface area contributed by atoms with Crippen molar-refractivity contribution in [2.75, 3.05) is 25.2 Å². The Labute approximate surface area is 132 Å². The molecule has 0 aliphatic rings. The summed E-state index contributed by atoms with van der Waals surface area (Å²) in [6, 6.07) is 9.86. The van der Waals surface area contributed by atoms with Crippen LogP contribution in [0, 0.1) is 0 Å². The maximum atomic E-state index is 12.5. The molecule has 0 saturated carbocycles. The first-order chi connectivity index (χ1) is 10.2. The molecule has 1 unspecified atom stereocenters. The number of benzene rings is 1. The number of likely N-dealkylation sites (N-methyl/N-ethyl adjacent to an activating group) is 1. The van der Waals surface area contributed by atoms with Crippen LogP contribution in [0.1, 0.15) is 38.7 Å². The molecule has 1 aromatic rings. The van der Waals surface area contributed by atoms with Gasteiger partial charge in [-0.1, -0.05) is 50.1 Å². The molecule has 4 heteroatoms. The van der Waals surface area contributed by atoms with E-state index in [0.29, 0.717) is 12.4 Å². The number of rotatable bonds is 10. The van der Waals surface area contributed by atoms with E-state index in [1.165, 1.54) is 19.3 Å². The molecule has 0 heterocycles. The van der Waals surface area contributed by atoms with E-state index in [4.69, 9.17) is 4.74 Å². The number of nitrogens with one attached hydrogen (secondary N) is 1. The molecule has 118 valence electrons. The zero-order chi connectivity index (χ0) is 15.6. The second-order valence-corrected chi connectivity index (χ2v) is 6.11. The number of unbranched alkanes of at least 4 members (excludes halogenated alkanes) is 2. The third-order valence-electron chi connectivity index (χ3n) is 3.53. The van der Waals surface area contributed by atoms with Crippen molar-refractivity contribution in [3.63, 3.8) is 0 Å². The normalized spacial score (nSPS) is 13.7. The summed E-state index contributed by atoms with van der Waals surface area (Å²) in [4.78, 5) is 12.5. The van der Waals surface area contributed by atoms with Gasteiger partial charge in [-0.25, -0.2) is 4.79 Å². The van der Waals surface area contributed by atoms with Gasteiger partial charge in [-0.2, -0.15) is 11.8 Å². The molecule has 1 aromatic carbocycles. The summed E-state index contributed by atoms with van der Waals surface area (Å²) in [5.41, 5.74) is 0.211. The van der Waals surface area contributed by atoms with Gasteiger partial charge >= 0.3 is 5.97 Å². The zero-order valence-electron chi connectivity index (χ0n) is 13.4. The van der Waals surface area contributed by atoms with E-state index in [0.717, 1.165) is 11.3 Å². The fraction of sp³-hybridized carbons (Fsp3) is 0.588. The average Bonchev–Trinajstić information content (AvgIpc) is 2.52. The van der Waals surface area contributed by atoms with Crippen LogP contribution in [0.3, 0.4) is 0 Å². The molecule has 0 bridgehead atoms. The minimum Gasteiger partial charge on any atom is -0.464 e. The van der Waals surface area contributed by atoms with E-state index in [-0.39, 0.29) is 5.97 Å². The van der Waals surface area contributed by atoms with Gasteiger partial charge < -0.3 is 10.1 Å². The van der Waals surface area contributed by atoms with Crippen LogP contribution in [0.15, 0.2) is 30.3 Å². The van der Waals surface area contributed by atoms with Crippen LogP contribution in [0.25, 0.3) is 0 Å². The van der Waals surface area contributed by atoms with E-state index < -0.39 is 5.54 Å². The maximum Gasteiger partial charge on any atom is 0.331 e. The SMILES string of the molecule is CCCCCSCC(NC)(C(=O)OCC)c1ccccc1. The highest BCUT2D eigenvalue weighted by Crippen LogP contribution is 2.28. The van der Waals surface area contributed by atoms with Crippen molar-refractivity contribution in [2.45, 2.75) is 38.6 Å². The Hall–Kier alpha value is -1.00. The Morgan fingerprint density at radius 2 is 1.95 bits per heavy atom. The summed E-state index contributed by atoms with van der Waals surface area (Å²) in [5.74, 6) is 1.57. The standard InChI is InChI=1S/C17H27NO2S/c1-4-6-10-13-21-14-17(18-3,16(19)20-5-2)15-11-8-7-9-12-15/h7-9,11-12,18H,4-6,10,13-14H2,1-3H3. The Balaban J connectivity index is 2.85. The largest absolute Gasteiger partial charge is 0.464 e. The van der Waals surface area contributed by atoms with Crippen molar-refractivity contribution < 1.29 is 9.53 Å². The molecule has 0 fully saturated rings. The molecule has 0 amide bonds. The van der Waals surface area contributed by atoms with Crippen LogP contribution in [0.2, 0.25) is 0 Å². The van der Waals surface area contributed by atoms with E-state index >= 15 is 0 Å². The predicted octanol–water partition coefficient (Wildman–Crippen LogP) is 3.59. The number of hydrogen-bond donors (Lipinski definition) is 1. The van der Waals surface area contributed by atoms with Crippen molar-refractivity contribution in [3.05, 3.63) is 35.9 Å². The third-order valence-corrected chi connectivity index (χ3v) is 4.74. The van der Waals surface area contributed by atoms with Crippen LogP contribution in [0.5, 0.6) is 0 Å². The van der Waals surface area contributed by atoms with Gasteiger partial charge in [-0.3, -0.25) is 0 Å². The maximum absolute atomic E-state index is 12.5. The summed E-state index contributed by atoms with van der Waals surface area (Å²) in [6.07, 6.45) is 3.65. The lowest BCUT2D eigenvalue weighted by atomic mass is 9.92. The van der Waals surface area contributed by atoms with Gasteiger partial charge in [0, 0.05) is 5.75 Å². The Kier molecular flexibility index (Phi) is 8.47. The van der Waals surface area contributed by atoms with E-state index in [2.05, 4.69) is 12.2 Å². The van der Waals surface area contributed by atoms with Gasteiger partial charge in [0.25, 0.3) is 0 Å². The minimum absolute atomic E-state index is 0.193. The molecule has 0 spiro atoms. The lowest BCUT2D eigenvalue weighted by molar-refractivity contribution is -0.150. The molecule has 1 atom stereocenters. The second-order valence-electron chi connectivity index (χ2n) is 5.00.